The monoisotopic (exact) mass is 312 g/mol. The van der Waals surface area contributed by atoms with Crippen LogP contribution in [0.5, 0.6) is 0 Å². The number of allylic oxidation sites excluding steroid dienone is 2. The van der Waals surface area contributed by atoms with Crippen LogP contribution >= 0.6 is 0 Å². The first kappa shape index (κ1) is 19.0. The van der Waals surface area contributed by atoms with Crippen molar-refractivity contribution < 1.29 is 5.11 Å². The van der Waals surface area contributed by atoms with Crippen molar-refractivity contribution in [1.82, 2.24) is 0 Å². The van der Waals surface area contributed by atoms with Gasteiger partial charge in [0.15, 0.2) is 0 Å². The first-order chi connectivity index (χ1) is 10.8. The third-order valence-corrected chi connectivity index (χ3v) is 3.57. The van der Waals surface area contributed by atoms with Crippen LogP contribution in [0, 0.1) is 16.7 Å². The van der Waals surface area contributed by atoms with E-state index in [0.29, 0.717) is 12.1 Å². The third kappa shape index (κ3) is 6.30. The molecule has 0 amide bonds. The molecule has 0 spiro atoms. The number of aliphatic hydroxyl groups is 1. The maximum Gasteiger partial charge on any atom is 0.0994 e. The highest BCUT2D eigenvalue weighted by Crippen LogP contribution is 2.28. The third-order valence-electron chi connectivity index (χ3n) is 3.57. The molecule has 1 rings (SSSR count). The minimum absolute atomic E-state index is 0.114. The first-order valence-electron chi connectivity index (χ1n) is 8.06. The van der Waals surface area contributed by atoms with Gasteiger partial charge in [-0.3, -0.25) is 0 Å². The smallest absolute Gasteiger partial charge is 0.0994 e. The van der Waals surface area contributed by atoms with Gasteiger partial charge in [0.25, 0.3) is 0 Å². The Labute approximate surface area is 140 Å². The molecule has 1 aromatic carbocycles. The number of benzene rings is 1. The summed E-state index contributed by atoms with van der Waals surface area (Å²) in [5.41, 5.74) is 3.68. The molecule has 124 valence electrons. The maximum atomic E-state index is 9.39. The Kier molecular flexibility index (Phi) is 7.06. The Morgan fingerprint density at radius 1 is 1.30 bits per heavy atom. The van der Waals surface area contributed by atoms with Crippen LogP contribution in [0.15, 0.2) is 42.0 Å². The molecule has 0 heterocycles. The van der Waals surface area contributed by atoms with Crippen molar-refractivity contribution in [1.29, 1.82) is 5.26 Å². The second kappa shape index (κ2) is 8.55. The molecule has 1 aromatic rings. The summed E-state index contributed by atoms with van der Waals surface area (Å²) in [6.45, 7) is 14.2. The molecule has 0 aliphatic carbocycles. The second-order valence-electron chi connectivity index (χ2n) is 6.91. The van der Waals surface area contributed by atoms with Crippen LogP contribution in [0.1, 0.15) is 39.7 Å². The van der Waals surface area contributed by atoms with E-state index in [1.54, 1.807) is 0 Å². The predicted octanol–water partition coefficient (Wildman–Crippen LogP) is 4.40. The SMILES string of the molecule is C=C(CC(C)(C)C)/C(C#N)=C/c1ccc(N(CC)CCO)cc1. The number of likely N-dealkylation sites (N-methyl/N-ethyl adjacent to an activating group) is 1. The quantitative estimate of drug-likeness (QED) is 0.599. The van der Waals surface area contributed by atoms with Gasteiger partial charge >= 0.3 is 0 Å². The molecule has 0 bridgehead atoms. The van der Waals surface area contributed by atoms with Crippen molar-refractivity contribution in [2.24, 2.45) is 5.41 Å². The topological polar surface area (TPSA) is 47.3 Å². The first-order valence-corrected chi connectivity index (χ1v) is 8.06. The molecule has 0 saturated carbocycles. The van der Waals surface area contributed by atoms with Crippen molar-refractivity contribution in [2.45, 2.75) is 34.1 Å². The van der Waals surface area contributed by atoms with Crippen molar-refractivity contribution in [2.75, 3.05) is 24.6 Å². The van der Waals surface area contributed by atoms with Crippen molar-refractivity contribution >= 4 is 11.8 Å². The summed E-state index contributed by atoms with van der Waals surface area (Å²) in [5, 5.41) is 18.5. The van der Waals surface area contributed by atoms with Crippen LogP contribution < -0.4 is 4.90 Å². The van der Waals surface area contributed by atoms with Crippen LogP contribution in [0.3, 0.4) is 0 Å². The van der Waals surface area contributed by atoms with Gasteiger partial charge in [0.1, 0.15) is 0 Å². The molecular formula is C20H28N2O. The number of anilines is 1. The molecule has 0 aromatic heterocycles. The molecule has 1 N–H and O–H groups in total. The lowest BCUT2D eigenvalue weighted by atomic mass is 9.85. The lowest BCUT2D eigenvalue weighted by Gasteiger charge is -2.22. The maximum absolute atomic E-state index is 9.39. The Morgan fingerprint density at radius 2 is 1.91 bits per heavy atom. The Balaban J connectivity index is 2.94. The summed E-state index contributed by atoms with van der Waals surface area (Å²) >= 11 is 0. The molecule has 3 heteroatoms. The van der Waals surface area contributed by atoms with Gasteiger partial charge in [0.2, 0.25) is 0 Å². The minimum atomic E-state index is 0.114. The van der Waals surface area contributed by atoms with E-state index in [9.17, 15) is 5.26 Å². The summed E-state index contributed by atoms with van der Waals surface area (Å²) in [5.74, 6) is 0. The van der Waals surface area contributed by atoms with Crippen molar-refractivity contribution in [3.8, 4) is 6.07 Å². The average molecular weight is 312 g/mol. The standard InChI is InChI=1S/C20H28N2O/c1-6-22(11-12-23)19-9-7-17(8-10-19)13-18(15-21)16(2)14-20(3,4)5/h7-10,13,23H,2,6,11-12,14H2,1,3-5H3/b18-13+. The largest absolute Gasteiger partial charge is 0.395 e. The fraction of sp³-hybridized carbons (Fsp3) is 0.450. The number of rotatable bonds is 7. The highest BCUT2D eigenvalue weighted by molar-refractivity contribution is 5.65. The zero-order valence-corrected chi connectivity index (χ0v) is 14.8. The fourth-order valence-corrected chi connectivity index (χ4v) is 2.49. The van der Waals surface area contributed by atoms with Crippen LogP contribution in [-0.4, -0.2) is 24.8 Å². The summed E-state index contributed by atoms with van der Waals surface area (Å²) in [4.78, 5) is 2.11. The molecule has 3 nitrogen and oxygen atoms in total. The van der Waals surface area contributed by atoms with E-state index in [1.165, 1.54) is 0 Å². The molecular weight excluding hydrogens is 284 g/mol. The lowest BCUT2D eigenvalue weighted by molar-refractivity contribution is 0.302. The predicted molar refractivity (Wildman–Crippen MR) is 98.2 cm³/mol. The van der Waals surface area contributed by atoms with E-state index in [-0.39, 0.29) is 12.0 Å². The Morgan fingerprint density at radius 3 is 2.35 bits per heavy atom. The molecule has 0 atom stereocenters. The summed E-state index contributed by atoms with van der Waals surface area (Å²) in [6, 6.07) is 10.3. The molecule has 0 saturated heterocycles. The van der Waals surface area contributed by atoms with Gasteiger partial charge in [0.05, 0.1) is 18.2 Å². The normalized spacial score (nSPS) is 11.9. The summed E-state index contributed by atoms with van der Waals surface area (Å²) in [7, 11) is 0. The van der Waals surface area contributed by atoms with Crippen LogP contribution in [0.2, 0.25) is 0 Å². The van der Waals surface area contributed by atoms with Gasteiger partial charge in [-0.05, 0) is 48.1 Å². The Bertz CT molecular complexity index is 586. The van der Waals surface area contributed by atoms with Gasteiger partial charge < -0.3 is 10.0 Å². The summed E-state index contributed by atoms with van der Waals surface area (Å²) < 4.78 is 0. The van der Waals surface area contributed by atoms with Gasteiger partial charge in [-0.1, -0.05) is 39.5 Å². The number of aliphatic hydroxyl groups excluding tert-OH is 1. The molecule has 0 aliphatic heterocycles. The number of nitrogens with zero attached hydrogens (tertiary/aromatic N) is 2. The number of hydrogen-bond donors (Lipinski definition) is 1. The lowest BCUT2D eigenvalue weighted by Crippen LogP contribution is -2.25. The zero-order chi connectivity index (χ0) is 17.5. The van der Waals surface area contributed by atoms with Crippen molar-refractivity contribution in [3.05, 3.63) is 47.6 Å². The molecule has 0 unspecified atom stereocenters. The van der Waals surface area contributed by atoms with E-state index in [4.69, 9.17) is 5.11 Å². The van der Waals surface area contributed by atoms with E-state index in [1.807, 2.05) is 30.3 Å². The van der Waals surface area contributed by atoms with E-state index in [2.05, 4.69) is 45.2 Å². The highest BCUT2D eigenvalue weighted by Gasteiger charge is 2.14. The number of nitriles is 1. The average Bonchev–Trinajstić information content (AvgIpc) is 2.49. The molecule has 23 heavy (non-hydrogen) atoms. The highest BCUT2D eigenvalue weighted by atomic mass is 16.3. The minimum Gasteiger partial charge on any atom is -0.395 e. The Hall–Kier alpha value is -2.05. The van der Waals surface area contributed by atoms with Gasteiger partial charge in [-0.15, -0.1) is 0 Å². The molecule has 0 fully saturated rings. The fourth-order valence-electron chi connectivity index (χ4n) is 2.49. The van der Waals surface area contributed by atoms with E-state index >= 15 is 0 Å². The van der Waals surface area contributed by atoms with E-state index in [0.717, 1.165) is 29.8 Å². The van der Waals surface area contributed by atoms with Gasteiger partial charge in [-0.25, -0.2) is 0 Å². The number of hydrogen-bond acceptors (Lipinski definition) is 3. The van der Waals surface area contributed by atoms with Gasteiger partial charge in [-0.2, -0.15) is 5.26 Å². The molecule has 0 aliphatic rings. The van der Waals surface area contributed by atoms with Crippen LogP contribution in [0.4, 0.5) is 5.69 Å². The zero-order valence-electron chi connectivity index (χ0n) is 14.8. The van der Waals surface area contributed by atoms with Crippen LogP contribution in [0.25, 0.3) is 6.08 Å². The van der Waals surface area contributed by atoms with Gasteiger partial charge in [0, 0.05) is 18.8 Å². The second-order valence-corrected chi connectivity index (χ2v) is 6.91. The van der Waals surface area contributed by atoms with Crippen LogP contribution in [-0.2, 0) is 0 Å². The van der Waals surface area contributed by atoms with Crippen molar-refractivity contribution in [3.63, 3.8) is 0 Å². The van der Waals surface area contributed by atoms with E-state index < -0.39 is 0 Å². The molecule has 0 radical (unpaired) electrons. The summed E-state index contributed by atoms with van der Waals surface area (Å²) in [6.07, 6.45) is 2.69.